The Morgan fingerprint density at radius 2 is 2.05 bits per heavy atom. The van der Waals surface area contributed by atoms with Crippen molar-refractivity contribution >= 4 is 0 Å². The molecule has 0 spiro atoms. The summed E-state index contributed by atoms with van der Waals surface area (Å²) < 4.78 is 42.4. The highest BCUT2D eigenvalue weighted by Gasteiger charge is 2.33. The van der Waals surface area contributed by atoms with E-state index >= 15 is 0 Å². The van der Waals surface area contributed by atoms with Crippen molar-refractivity contribution in [2.24, 2.45) is 5.92 Å². The number of likely N-dealkylation sites (tertiary alicyclic amines) is 1. The van der Waals surface area contributed by atoms with Crippen molar-refractivity contribution in [1.29, 1.82) is 0 Å². The van der Waals surface area contributed by atoms with Gasteiger partial charge in [0.25, 0.3) is 0 Å². The van der Waals surface area contributed by atoms with E-state index in [1.54, 1.807) is 18.5 Å². The summed E-state index contributed by atoms with van der Waals surface area (Å²) >= 11 is 0. The van der Waals surface area contributed by atoms with Crippen molar-refractivity contribution in [3.8, 4) is 6.01 Å². The Kier molecular flexibility index (Phi) is 4.57. The highest BCUT2D eigenvalue weighted by atomic mass is 19.4. The summed E-state index contributed by atoms with van der Waals surface area (Å²) in [6, 6.07) is 1.95. The molecule has 19 heavy (non-hydrogen) atoms. The minimum atomic E-state index is -4.13. The molecule has 1 aromatic rings. The Labute approximate surface area is 109 Å². The van der Waals surface area contributed by atoms with Gasteiger partial charge in [-0.2, -0.15) is 13.2 Å². The summed E-state index contributed by atoms with van der Waals surface area (Å²) in [5.74, 6) is 0.0971. The zero-order valence-corrected chi connectivity index (χ0v) is 10.4. The molecule has 1 aliphatic heterocycles. The van der Waals surface area contributed by atoms with Gasteiger partial charge < -0.3 is 4.74 Å². The molecule has 1 aliphatic rings. The van der Waals surface area contributed by atoms with Crippen LogP contribution in [0.4, 0.5) is 13.2 Å². The largest absolute Gasteiger partial charge is 0.463 e. The van der Waals surface area contributed by atoms with E-state index in [1.807, 2.05) is 0 Å². The molecule has 2 heterocycles. The summed E-state index contributed by atoms with van der Waals surface area (Å²) in [6.07, 6.45) is 0.643. The van der Waals surface area contributed by atoms with Crippen molar-refractivity contribution in [2.45, 2.75) is 19.0 Å². The summed E-state index contributed by atoms with van der Waals surface area (Å²) in [7, 11) is 0. The van der Waals surface area contributed by atoms with Crippen LogP contribution in [0, 0.1) is 5.92 Å². The van der Waals surface area contributed by atoms with E-state index in [2.05, 4.69) is 9.97 Å². The maximum absolute atomic E-state index is 12.3. The third kappa shape index (κ3) is 5.02. The maximum Gasteiger partial charge on any atom is 0.401 e. The van der Waals surface area contributed by atoms with Crippen LogP contribution in [0.15, 0.2) is 18.5 Å². The fourth-order valence-corrected chi connectivity index (χ4v) is 2.24. The lowest BCUT2D eigenvalue weighted by atomic mass is 9.99. The van der Waals surface area contributed by atoms with Gasteiger partial charge in [0.2, 0.25) is 0 Å². The average molecular weight is 275 g/mol. The molecule has 1 fully saturated rings. The fraction of sp³-hybridized carbons (Fsp3) is 0.667. The Morgan fingerprint density at radius 3 is 2.74 bits per heavy atom. The normalized spacial score (nSPS) is 21.3. The first kappa shape index (κ1) is 14.0. The molecule has 0 N–H and O–H groups in total. The monoisotopic (exact) mass is 275 g/mol. The molecule has 4 nitrogen and oxygen atoms in total. The van der Waals surface area contributed by atoms with Gasteiger partial charge >= 0.3 is 12.2 Å². The van der Waals surface area contributed by atoms with Crippen molar-refractivity contribution in [1.82, 2.24) is 14.9 Å². The van der Waals surface area contributed by atoms with Crippen LogP contribution in [-0.2, 0) is 0 Å². The number of halogens is 3. The molecule has 0 bridgehead atoms. The Bertz CT molecular complexity index is 386. The Balaban J connectivity index is 1.78. The predicted molar refractivity (Wildman–Crippen MR) is 62.7 cm³/mol. The second-order valence-corrected chi connectivity index (χ2v) is 4.70. The number of rotatable bonds is 4. The molecule has 0 aliphatic carbocycles. The number of piperidine rings is 1. The molecule has 1 saturated heterocycles. The van der Waals surface area contributed by atoms with Gasteiger partial charge in [-0.15, -0.1) is 0 Å². The molecule has 1 aromatic heterocycles. The molecule has 0 aromatic carbocycles. The molecule has 0 amide bonds. The maximum atomic E-state index is 12.3. The number of aromatic nitrogens is 2. The van der Waals surface area contributed by atoms with Crippen LogP contribution in [0.25, 0.3) is 0 Å². The van der Waals surface area contributed by atoms with E-state index < -0.39 is 12.7 Å². The SMILES string of the molecule is FC(F)(F)CN1CCCC(COc2ncccn2)C1. The Morgan fingerprint density at radius 1 is 1.32 bits per heavy atom. The van der Waals surface area contributed by atoms with E-state index in [0.717, 1.165) is 12.8 Å². The standard InChI is InChI=1S/C12H16F3N3O/c13-12(14,15)9-18-6-1-3-10(7-18)8-19-11-16-4-2-5-17-11/h2,4-5,10H,1,3,6-9H2. The molecular formula is C12H16F3N3O. The lowest BCUT2D eigenvalue weighted by Gasteiger charge is -2.32. The number of nitrogens with zero attached hydrogens (tertiary/aromatic N) is 3. The van der Waals surface area contributed by atoms with Gasteiger partial charge in [0.15, 0.2) is 0 Å². The molecule has 106 valence electrons. The smallest absolute Gasteiger partial charge is 0.401 e. The average Bonchev–Trinajstić information content (AvgIpc) is 2.36. The zero-order chi connectivity index (χ0) is 13.7. The first-order chi connectivity index (χ1) is 9.03. The van der Waals surface area contributed by atoms with Crippen molar-refractivity contribution < 1.29 is 17.9 Å². The highest BCUT2D eigenvalue weighted by Crippen LogP contribution is 2.22. The van der Waals surface area contributed by atoms with Crippen LogP contribution in [0.1, 0.15) is 12.8 Å². The summed E-state index contributed by atoms with van der Waals surface area (Å²) in [4.78, 5) is 9.26. The van der Waals surface area contributed by atoms with Gasteiger partial charge in [-0.1, -0.05) is 0 Å². The first-order valence-electron chi connectivity index (χ1n) is 6.22. The van der Waals surface area contributed by atoms with Gasteiger partial charge in [-0.3, -0.25) is 4.90 Å². The van der Waals surface area contributed by atoms with Crippen LogP contribution >= 0.6 is 0 Å². The minimum absolute atomic E-state index is 0.0971. The van der Waals surface area contributed by atoms with Gasteiger partial charge in [-0.25, -0.2) is 9.97 Å². The summed E-state index contributed by atoms with van der Waals surface area (Å²) in [5, 5.41) is 0. The van der Waals surface area contributed by atoms with Crippen molar-refractivity contribution in [3.05, 3.63) is 18.5 Å². The summed E-state index contributed by atoms with van der Waals surface area (Å²) in [6.45, 7) is 0.425. The molecule has 1 atom stereocenters. The molecule has 1 unspecified atom stereocenters. The second kappa shape index (κ2) is 6.18. The second-order valence-electron chi connectivity index (χ2n) is 4.70. The van der Waals surface area contributed by atoms with Gasteiger partial charge in [-0.05, 0) is 25.5 Å². The van der Waals surface area contributed by atoms with Gasteiger partial charge in [0, 0.05) is 24.9 Å². The quantitative estimate of drug-likeness (QED) is 0.843. The first-order valence-corrected chi connectivity index (χ1v) is 6.22. The third-order valence-electron chi connectivity index (χ3n) is 3.00. The molecule has 7 heteroatoms. The van der Waals surface area contributed by atoms with E-state index in [0.29, 0.717) is 19.7 Å². The van der Waals surface area contributed by atoms with E-state index in [1.165, 1.54) is 4.90 Å². The van der Waals surface area contributed by atoms with Crippen molar-refractivity contribution in [3.63, 3.8) is 0 Å². The van der Waals surface area contributed by atoms with Crippen LogP contribution in [0.2, 0.25) is 0 Å². The highest BCUT2D eigenvalue weighted by molar-refractivity contribution is 4.93. The van der Waals surface area contributed by atoms with E-state index in [-0.39, 0.29) is 11.9 Å². The van der Waals surface area contributed by atoms with E-state index in [4.69, 9.17) is 4.74 Å². The lowest BCUT2D eigenvalue weighted by Crippen LogP contribution is -2.42. The number of hydrogen-bond acceptors (Lipinski definition) is 4. The molecule has 0 radical (unpaired) electrons. The predicted octanol–water partition coefficient (Wildman–Crippen LogP) is 2.13. The fourth-order valence-electron chi connectivity index (χ4n) is 2.24. The molecule has 0 saturated carbocycles. The Hall–Kier alpha value is -1.37. The third-order valence-corrected chi connectivity index (χ3v) is 3.00. The van der Waals surface area contributed by atoms with Crippen LogP contribution in [0.5, 0.6) is 6.01 Å². The van der Waals surface area contributed by atoms with Crippen LogP contribution in [-0.4, -0.2) is 47.3 Å². The van der Waals surface area contributed by atoms with Crippen LogP contribution in [0.3, 0.4) is 0 Å². The number of ether oxygens (including phenoxy) is 1. The molecular weight excluding hydrogens is 259 g/mol. The minimum Gasteiger partial charge on any atom is -0.463 e. The number of hydrogen-bond donors (Lipinski definition) is 0. The van der Waals surface area contributed by atoms with Crippen molar-refractivity contribution in [2.75, 3.05) is 26.2 Å². The zero-order valence-electron chi connectivity index (χ0n) is 10.4. The lowest BCUT2D eigenvalue weighted by molar-refractivity contribution is -0.149. The van der Waals surface area contributed by atoms with E-state index in [9.17, 15) is 13.2 Å². The summed E-state index contributed by atoms with van der Waals surface area (Å²) in [5.41, 5.74) is 0. The van der Waals surface area contributed by atoms with Gasteiger partial charge in [0.1, 0.15) is 0 Å². The van der Waals surface area contributed by atoms with Crippen LogP contribution < -0.4 is 4.74 Å². The molecule has 2 rings (SSSR count). The number of alkyl halides is 3. The topological polar surface area (TPSA) is 38.2 Å². The van der Waals surface area contributed by atoms with Gasteiger partial charge in [0.05, 0.1) is 13.2 Å².